The second-order valence-electron chi connectivity index (χ2n) is 11.8. The topological polar surface area (TPSA) is 66.2 Å². The van der Waals surface area contributed by atoms with Crippen LogP contribution in [0.2, 0.25) is 0 Å². The van der Waals surface area contributed by atoms with Crippen molar-refractivity contribution in [3.63, 3.8) is 0 Å². The van der Waals surface area contributed by atoms with Crippen LogP contribution in [0.3, 0.4) is 0 Å². The highest BCUT2D eigenvalue weighted by Crippen LogP contribution is 2.65. The molecule has 0 radical (unpaired) electrons. The number of thiophene rings is 2. The van der Waals surface area contributed by atoms with Gasteiger partial charge in [-0.2, -0.15) is 26.3 Å². The summed E-state index contributed by atoms with van der Waals surface area (Å²) in [5.41, 5.74) is -1.68. The third-order valence-corrected chi connectivity index (χ3v) is 10.8. The van der Waals surface area contributed by atoms with Gasteiger partial charge in [0.15, 0.2) is 0 Å². The van der Waals surface area contributed by atoms with Crippen LogP contribution in [0.4, 0.5) is 26.3 Å². The number of nitrogens with zero attached hydrogens (tertiary/aromatic N) is 2. The fraction of sp³-hybridized carbons (Fsp3) is 0.189. The average Bonchev–Trinajstić information content (AvgIpc) is 3.64. The first-order valence-corrected chi connectivity index (χ1v) is 16.8. The lowest BCUT2D eigenvalue weighted by atomic mass is 9.95. The van der Waals surface area contributed by atoms with Crippen molar-refractivity contribution in [1.82, 2.24) is 9.97 Å². The van der Waals surface area contributed by atoms with E-state index in [2.05, 4.69) is 9.97 Å². The number of hydrogen-bond acceptors (Lipinski definition) is 6. The molecule has 6 aromatic rings. The quantitative estimate of drug-likeness (QED) is 0.162. The summed E-state index contributed by atoms with van der Waals surface area (Å²) < 4.78 is 92.8. The van der Waals surface area contributed by atoms with Crippen molar-refractivity contribution >= 4 is 67.8 Å². The number of aromatic nitrogens is 2. The minimum atomic E-state index is -5.67. The van der Waals surface area contributed by atoms with E-state index < -0.39 is 28.9 Å². The van der Waals surface area contributed by atoms with Gasteiger partial charge in [-0.25, -0.2) is 9.97 Å². The molecule has 0 unspecified atom stereocenters. The van der Waals surface area contributed by atoms with Gasteiger partial charge in [0.05, 0.1) is 5.69 Å². The third-order valence-electron chi connectivity index (χ3n) is 8.63. The maximum Gasteiger partial charge on any atom is 0.380 e. The fourth-order valence-corrected chi connectivity index (χ4v) is 8.13. The Balaban J connectivity index is 1.25. The van der Waals surface area contributed by atoms with Crippen molar-refractivity contribution in [2.75, 3.05) is 0 Å². The van der Waals surface area contributed by atoms with E-state index in [4.69, 9.17) is 0 Å². The Morgan fingerprint density at radius 1 is 0.653 bits per heavy atom. The van der Waals surface area contributed by atoms with Gasteiger partial charge in [-0.15, -0.1) is 22.7 Å². The zero-order valence-corrected chi connectivity index (χ0v) is 27.5. The van der Waals surface area contributed by atoms with Gasteiger partial charge in [-0.05, 0) is 86.4 Å². The Hall–Kier alpha value is -4.68. The summed E-state index contributed by atoms with van der Waals surface area (Å²) in [7, 11) is 0. The lowest BCUT2D eigenvalue weighted by Crippen LogP contribution is -2.48. The Bertz CT molecular complexity index is 2340. The van der Waals surface area contributed by atoms with E-state index in [0.717, 1.165) is 28.1 Å². The SMILES string of the molecule is Cc1sc(/C=C/c2ccc3cccc(O)c3n2)cc1C1=C(c2cc(CCc3ccc4cccc(O)c4n3)sc2C)C(F)(F)C(F)(F)C1(F)F. The number of para-hydroxylation sites is 2. The summed E-state index contributed by atoms with van der Waals surface area (Å²) in [6, 6.07) is 19.4. The Morgan fingerprint density at radius 3 is 1.88 bits per heavy atom. The molecule has 0 saturated heterocycles. The highest BCUT2D eigenvalue weighted by atomic mass is 32.1. The first-order chi connectivity index (χ1) is 23.2. The smallest absolute Gasteiger partial charge is 0.380 e. The number of phenols is 2. The number of fused-ring (bicyclic) bond motifs is 2. The molecule has 4 heterocycles. The van der Waals surface area contributed by atoms with Gasteiger partial charge in [0.2, 0.25) is 0 Å². The van der Waals surface area contributed by atoms with Crippen LogP contribution in [0, 0.1) is 13.8 Å². The molecule has 1 aliphatic rings. The summed E-state index contributed by atoms with van der Waals surface area (Å²) in [4.78, 5) is 10.2. The summed E-state index contributed by atoms with van der Waals surface area (Å²) >= 11 is 2.07. The summed E-state index contributed by atoms with van der Waals surface area (Å²) in [6.07, 6.45) is 3.72. The van der Waals surface area contributed by atoms with E-state index >= 15 is 26.3 Å². The minimum Gasteiger partial charge on any atom is -0.506 e. The zero-order valence-electron chi connectivity index (χ0n) is 25.9. The van der Waals surface area contributed by atoms with Crippen molar-refractivity contribution in [3.05, 3.63) is 115 Å². The molecule has 0 bridgehead atoms. The molecule has 0 aliphatic heterocycles. The average molecular weight is 709 g/mol. The van der Waals surface area contributed by atoms with Crippen LogP contribution in [0.25, 0.3) is 45.1 Å². The van der Waals surface area contributed by atoms with Crippen LogP contribution >= 0.6 is 22.7 Å². The molecule has 4 nitrogen and oxygen atoms in total. The number of allylic oxidation sites excluding steroid dienone is 2. The number of pyridine rings is 2. The maximum atomic E-state index is 15.6. The number of aromatic hydroxyl groups is 2. The molecular formula is C37H26F6N2O2S2. The van der Waals surface area contributed by atoms with Crippen LogP contribution in [-0.4, -0.2) is 37.9 Å². The van der Waals surface area contributed by atoms with E-state index in [9.17, 15) is 10.2 Å². The second-order valence-corrected chi connectivity index (χ2v) is 14.5. The van der Waals surface area contributed by atoms with Crippen LogP contribution < -0.4 is 0 Å². The van der Waals surface area contributed by atoms with Gasteiger partial charge < -0.3 is 10.2 Å². The number of hydrogen-bond donors (Lipinski definition) is 2. The van der Waals surface area contributed by atoms with Gasteiger partial charge in [0, 0.05) is 47.1 Å². The van der Waals surface area contributed by atoms with E-state index in [1.54, 1.807) is 54.6 Å². The minimum absolute atomic E-state index is 0.00593. The van der Waals surface area contributed by atoms with Crippen molar-refractivity contribution in [2.45, 2.75) is 44.5 Å². The molecule has 250 valence electrons. The number of aryl methyl sites for hydroxylation is 4. The molecular weight excluding hydrogens is 683 g/mol. The van der Waals surface area contributed by atoms with Crippen LogP contribution in [-0.2, 0) is 12.8 Å². The number of halogens is 6. The summed E-state index contributed by atoms with van der Waals surface area (Å²) in [6.45, 7) is 2.88. The Kier molecular flexibility index (Phi) is 7.86. The molecule has 0 spiro atoms. The Morgan fingerprint density at radius 2 is 1.22 bits per heavy atom. The highest BCUT2D eigenvalue weighted by molar-refractivity contribution is 7.13. The number of phenolic OH excluding ortho intramolecular Hbond substituents is 2. The molecule has 0 atom stereocenters. The van der Waals surface area contributed by atoms with Crippen molar-refractivity contribution in [1.29, 1.82) is 0 Å². The van der Waals surface area contributed by atoms with Crippen molar-refractivity contribution in [2.24, 2.45) is 0 Å². The van der Waals surface area contributed by atoms with Crippen LogP contribution in [0.5, 0.6) is 11.5 Å². The predicted octanol–water partition coefficient (Wildman–Crippen LogP) is 10.7. The largest absolute Gasteiger partial charge is 0.506 e. The van der Waals surface area contributed by atoms with Gasteiger partial charge in [0.1, 0.15) is 22.5 Å². The lowest BCUT2D eigenvalue weighted by molar-refractivity contribution is -0.254. The molecule has 7 rings (SSSR count). The van der Waals surface area contributed by atoms with Gasteiger partial charge in [-0.3, -0.25) is 0 Å². The molecule has 0 saturated carbocycles. The molecule has 2 N–H and O–H groups in total. The number of alkyl halides is 6. The maximum absolute atomic E-state index is 15.6. The van der Waals surface area contributed by atoms with E-state index in [1.165, 1.54) is 44.2 Å². The number of rotatable bonds is 7. The molecule has 49 heavy (non-hydrogen) atoms. The monoisotopic (exact) mass is 708 g/mol. The molecule has 1 aliphatic carbocycles. The molecule has 0 fully saturated rings. The van der Waals surface area contributed by atoms with E-state index in [-0.39, 0.29) is 38.8 Å². The number of benzene rings is 2. The molecule has 2 aromatic carbocycles. The molecule has 12 heteroatoms. The van der Waals surface area contributed by atoms with Gasteiger partial charge in [-0.1, -0.05) is 36.4 Å². The lowest BCUT2D eigenvalue weighted by Gasteiger charge is -2.25. The van der Waals surface area contributed by atoms with E-state index in [1.807, 2.05) is 0 Å². The van der Waals surface area contributed by atoms with Crippen molar-refractivity contribution in [3.8, 4) is 11.5 Å². The fourth-order valence-electron chi connectivity index (χ4n) is 6.15. The normalized spacial score (nSPS) is 16.8. The highest BCUT2D eigenvalue weighted by Gasteiger charge is 2.80. The molecule has 4 aromatic heterocycles. The van der Waals surface area contributed by atoms with Gasteiger partial charge in [0.25, 0.3) is 0 Å². The summed E-state index contributed by atoms with van der Waals surface area (Å²) in [5, 5.41) is 21.8. The first-order valence-electron chi connectivity index (χ1n) is 15.1. The zero-order chi connectivity index (χ0) is 34.9. The second kappa shape index (κ2) is 11.7. The summed E-state index contributed by atoms with van der Waals surface area (Å²) in [5.74, 6) is -16.0. The van der Waals surface area contributed by atoms with E-state index in [0.29, 0.717) is 44.0 Å². The first kappa shape index (κ1) is 32.8. The predicted molar refractivity (Wildman–Crippen MR) is 183 cm³/mol. The van der Waals surface area contributed by atoms with Gasteiger partial charge >= 0.3 is 17.8 Å². The van der Waals surface area contributed by atoms with Crippen LogP contribution in [0.15, 0.2) is 72.8 Å². The Labute approximate surface area is 284 Å². The molecule has 0 amide bonds. The van der Waals surface area contributed by atoms with Crippen molar-refractivity contribution < 1.29 is 36.6 Å². The van der Waals surface area contributed by atoms with Crippen LogP contribution in [0.1, 0.15) is 42.0 Å². The third kappa shape index (κ3) is 5.37. The standard InChI is InChI=1S/C37H26F6N2O2S2/c1-19-27(17-25(48-19)15-13-23-11-9-21-5-3-7-29(46)33(21)44-23)31-32(36(40,41)37(42,43)35(31,38)39)28-18-26(49-20(28)2)16-14-24-12-10-22-6-4-8-30(47)34(22)45-24/h3-13,15,17-18,46-47H,14,16H2,1-2H3/b15-13+.